The molecule has 2 amide bonds. The van der Waals surface area contributed by atoms with E-state index < -0.39 is 0 Å². The number of halogens is 1. The molecule has 0 bridgehead atoms. The lowest BCUT2D eigenvalue weighted by Gasteiger charge is -2.17. The zero-order valence-electron chi connectivity index (χ0n) is 15.0. The maximum atomic E-state index is 12.6. The third-order valence-electron chi connectivity index (χ3n) is 4.66. The number of methoxy groups -OCH3 is 1. The molecule has 0 saturated heterocycles. The first-order valence-electron chi connectivity index (χ1n) is 8.40. The Bertz CT molecular complexity index is 838. The summed E-state index contributed by atoms with van der Waals surface area (Å²) < 4.78 is 5.28. The molecule has 0 aliphatic heterocycles. The summed E-state index contributed by atoms with van der Waals surface area (Å²) in [6.07, 6.45) is 0.552. The lowest BCUT2D eigenvalue weighted by Crippen LogP contribution is -2.29. The number of carbonyl (C=O) groups is 2. The maximum Gasteiger partial charge on any atom is 0.230 e. The van der Waals surface area contributed by atoms with Gasteiger partial charge in [-0.2, -0.15) is 0 Å². The number of hydrogen-bond acceptors (Lipinski definition) is 3. The van der Waals surface area contributed by atoms with E-state index in [1.54, 1.807) is 24.1 Å². The average molecular weight is 373 g/mol. The number of nitrogens with one attached hydrogen (secondary N) is 1. The second-order valence-corrected chi connectivity index (χ2v) is 6.88. The molecule has 2 aromatic carbocycles. The molecule has 1 aliphatic carbocycles. The van der Waals surface area contributed by atoms with E-state index in [1.165, 1.54) is 7.11 Å². The van der Waals surface area contributed by atoms with Gasteiger partial charge in [-0.25, -0.2) is 0 Å². The molecular formula is C20H21ClN2O3. The summed E-state index contributed by atoms with van der Waals surface area (Å²) >= 11 is 6.09. The first kappa shape index (κ1) is 18.3. The fourth-order valence-electron chi connectivity index (χ4n) is 2.94. The number of rotatable bonds is 5. The van der Waals surface area contributed by atoms with E-state index in [0.717, 1.165) is 11.3 Å². The minimum Gasteiger partial charge on any atom is -0.495 e. The summed E-state index contributed by atoms with van der Waals surface area (Å²) in [6, 6.07) is 12.8. The van der Waals surface area contributed by atoms with Crippen LogP contribution >= 0.6 is 11.6 Å². The van der Waals surface area contributed by atoms with Crippen molar-refractivity contribution in [3.05, 3.63) is 53.1 Å². The number of aryl methyl sites for hydroxylation is 1. The van der Waals surface area contributed by atoms with Crippen molar-refractivity contribution in [1.29, 1.82) is 0 Å². The Morgan fingerprint density at radius 3 is 2.54 bits per heavy atom. The van der Waals surface area contributed by atoms with Crippen molar-refractivity contribution in [2.45, 2.75) is 13.3 Å². The number of amides is 2. The Morgan fingerprint density at radius 2 is 1.88 bits per heavy atom. The Morgan fingerprint density at radius 1 is 1.19 bits per heavy atom. The van der Waals surface area contributed by atoms with Gasteiger partial charge in [0.25, 0.3) is 0 Å². The lowest BCUT2D eigenvalue weighted by atomic mass is 10.2. The Balaban J connectivity index is 1.66. The molecule has 0 spiro atoms. The number of nitrogens with zero attached hydrogens (tertiary/aromatic N) is 1. The molecule has 2 aromatic rings. The van der Waals surface area contributed by atoms with Crippen molar-refractivity contribution in [2.24, 2.45) is 11.8 Å². The monoisotopic (exact) mass is 372 g/mol. The highest BCUT2D eigenvalue weighted by Crippen LogP contribution is 2.42. The topological polar surface area (TPSA) is 58.6 Å². The molecule has 1 N–H and O–H groups in total. The number of hydrogen-bond donors (Lipinski definition) is 1. The Labute approximate surface area is 157 Å². The number of carbonyl (C=O) groups excluding carboxylic acids is 2. The largest absolute Gasteiger partial charge is 0.495 e. The SMILES string of the molecule is COc1cc(Cl)c(C)cc1NC(=O)C1CC1C(=O)N(C)c1ccccc1. The molecule has 5 nitrogen and oxygen atoms in total. The molecule has 3 rings (SSSR count). The smallest absolute Gasteiger partial charge is 0.230 e. The van der Waals surface area contributed by atoms with Gasteiger partial charge in [0.05, 0.1) is 24.6 Å². The van der Waals surface area contributed by atoms with Gasteiger partial charge in [-0.15, -0.1) is 0 Å². The number of benzene rings is 2. The van der Waals surface area contributed by atoms with E-state index in [4.69, 9.17) is 16.3 Å². The first-order valence-corrected chi connectivity index (χ1v) is 8.77. The maximum absolute atomic E-state index is 12.6. The summed E-state index contributed by atoms with van der Waals surface area (Å²) in [5.74, 6) is -0.340. The van der Waals surface area contributed by atoms with Gasteiger partial charge in [-0.05, 0) is 37.1 Å². The third kappa shape index (κ3) is 3.68. The molecule has 2 atom stereocenters. The number of anilines is 2. The van der Waals surface area contributed by atoms with E-state index in [9.17, 15) is 9.59 Å². The summed E-state index contributed by atoms with van der Waals surface area (Å²) in [6.45, 7) is 1.86. The lowest BCUT2D eigenvalue weighted by molar-refractivity contribution is -0.123. The van der Waals surface area contributed by atoms with Crippen molar-refractivity contribution < 1.29 is 14.3 Å². The van der Waals surface area contributed by atoms with Crippen molar-refractivity contribution in [2.75, 3.05) is 24.4 Å². The highest BCUT2D eigenvalue weighted by atomic mass is 35.5. The normalized spacial score (nSPS) is 18.2. The van der Waals surface area contributed by atoms with Gasteiger partial charge >= 0.3 is 0 Å². The minimum absolute atomic E-state index is 0.0457. The molecular weight excluding hydrogens is 352 g/mol. The van der Waals surface area contributed by atoms with E-state index in [-0.39, 0.29) is 23.7 Å². The summed E-state index contributed by atoms with van der Waals surface area (Å²) in [4.78, 5) is 26.7. The quantitative estimate of drug-likeness (QED) is 0.866. The van der Waals surface area contributed by atoms with E-state index in [2.05, 4.69) is 5.32 Å². The predicted octanol–water partition coefficient (Wildman–Crippen LogP) is 3.89. The zero-order valence-corrected chi connectivity index (χ0v) is 15.7. The summed E-state index contributed by atoms with van der Waals surface area (Å²) in [5, 5.41) is 3.43. The van der Waals surface area contributed by atoms with Crippen molar-refractivity contribution in [3.8, 4) is 5.75 Å². The van der Waals surface area contributed by atoms with Gasteiger partial charge in [0.2, 0.25) is 11.8 Å². The zero-order chi connectivity index (χ0) is 18.8. The second-order valence-electron chi connectivity index (χ2n) is 6.47. The third-order valence-corrected chi connectivity index (χ3v) is 5.06. The van der Waals surface area contributed by atoms with Crippen LogP contribution in [0.15, 0.2) is 42.5 Å². The highest BCUT2D eigenvalue weighted by molar-refractivity contribution is 6.31. The van der Waals surface area contributed by atoms with Crippen LogP contribution in [0, 0.1) is 18.8 Å². The fraction of sp³-hybridized carbons (Fsp3) is 0.300. The molecule has 1 aliphatic rings. The molecule has 26 heavy (non-hydrogen) atoms. The number of para-hydroxylation sites is 1. The van der Waals surface area contributed by atoms with Gasteiger partial charge in [-0.1, -0.05) is 29.8 Å². The van der Waals surface area contributed by atoms with Gasteiger partial charge in [0.1, 0.15) is 5.75 Å². The molecule has 1 saturated carbocycles. The first-order chi connectivity index (χ1) is 12.4. The van der Waals surface area contributed by atoms with Crippen LogP contribution in [-0.4, -0.2) is 26.0 Å². The van der Waals surface area contributed by atoms with Gasteiger partial charge < -0.3 is 15.0 Å². The van der Waals surface area contributed by atoms with Gasteiger partial charge in [0.15, 0.2) is 0 Å². The van der Waals surface area contributed by atoms with Crippen LogP contribution in [0.5, 0.6) is 5.75 Å². The molecule has 136 valence electrons. The van der Waals surface area contributed by atoms with Crippen LogP contribution < -0.4 is 15.0 Å². The molecule has 0 heterocycles. The van der Waals surface area contributed by atoms with Crippen molar-refractivity contribution >= 4 is 34.8 Å². The molecule has 0 radical (unpaired) electrons. The fourth-order valence-corrected chi connectivity index (χ4v) is 3.09. The van der Waals surface area contributed by atoms with Crippen LogP contribution in [0.25, 0.3) is 0 Å². The second kappa shape index (κ2) is 7.38. The van der Waals surface area contributed by atoms with Crippen LogP contribution in [-0.2, 0) is 9.59 Å². The Hall–Kier alpha value is -2.53. The summed E-state index contributed by atoms with van der Waals surface area (Å²) in [7, 11) is 3.26. The molecule has 1 fully saturated rings. The molecule has 0 aromatic heterocycles. The van der Waals surface area contributed by atoms with Crippen molar-refractivity contribution in [3.63, 3.8) is 0 Å². The standard InChI is InChI=1S/C20H21ClN2O3/c1-12-9-17(18(26-3)11-16(12)21)22-19(24)14-10-15(14)20(25)23(2)13-7-5-4-6-8-13/h4-9,11,14-15H,10H2,1-3H3,(H,22,24). The average Bonchev–Trinajstić information content (AvgIpc) is 3.45. The molecule has 6 heteroatoms. The van der Waals surface area contributed by atoms with E-state index >= 15 is 0 Å². The summed E-state index contributed by atoms with van der Waals surface area (Å²) in [5.41, 5.74) is 2.22. The van der Waals surface area contributed by atoms with E-state index in [1.807, 2.05) is 37.3 Å². The van der Waals surface area contributed by atoms with Crippen LogP contribution in [0.3, 0.4) is 0 Å². The van der Waals surface area contributed by atoms with Crippen molar-refractivity contribution in [1.82, 2.24) is 0 Å². The number of ether oxygens (including phenoxy) is 1. The molecule has 2 unspecified atom stereocenters. The van der Waals surface area contributed by atoms with Gasteiger partial charge in [-0.3, -0.25) is 9.59 Å². The van der Waals surface area contributed by atoms with Crippen LogP contribution in [0.4, 0.5) is 11.4 Å². The van der Waals surface area contributed by atoms with E-state index in [0.29, 0.717) is 22.9 Å². The Kier molecular flexibility index (Phi) is 5.18. The van der Waals surface area contributed by atoms with Crippen LogP contribution in [0.2, 0.25) is 5.02 Å². The van der Waals surface area contributed by atoms with Gasteiger partial charge in [0, 0.05) is 23.8 Å². The highest BCUT2D eigenvalue weighted by Gasteiger charge is 2.49. The van der Waals surface area contributed by atoms with Crippen LogP contribution in [0.1, 0.15) is 12.0 Å². The minimum atomic E-state index is -0.325. The predicted molar refractivity (Wildman–Crippen MR) is 103 cm³/mol.